The van der Waals surface area contributed by atoms with Crippen LogP contribution in [0.5, 0.6) is 11.6 Å². The van der Waals surface area contributed by atoms with Crippen molar-refractivity contribution in [1.82, 2.24) is 15.3 Å². The highest BCUT2D eigenvalue weighted by molar-refractivity contribution is 7.09. The standard InChI is InChI=1S/C19H20N4O2S/c1-3-14-5-4-6-16(9-14)25-17-8-7-15(10-20-17)23-19(24)21-11-18-22-13(2)12-26-18/h4-10,12H,3,11H2,1-2H3,(H2,21,23,24). The van der Waals surface area contributed by atoms with Crippen LogP contribution in [0.3, 0.4) is 0 Å². The summed E-state index contributed by atoms with van der Waals surface area (Å²) in [6.07, 6.45) is 2.51. The van der Waals surface area contributed by atoms with Crippen molar-refractivity contribution in [3.63, 3.8) is 0 Å². The molecule has 0 aliphatic rings. The first-order valence-electron chi connectivity index (χ1n) is 8.31. The van der Waals surface area contributed by atoms with Gasteiger partial charge in [0.15, 0.2) is 0 Å². The van der Waals surface area contributed by atoms with Crippen LogP contribution >= 0.6 is 11.3 Å². The summed E-state index contributed by atoms with van der Waals surface area (Å²) in [5, 5.41) is 8.33. The van der Waals surface area contributed by atoms with Crippen molar-refractivity contribution in [3.05, 3.63) is 64.2 Å². The van der Waals surface area contributed by atoms with Crippen molar-refractivity contribution in [2.45, 2.75) is 26.8 Å². The number of urea groups is 1. The highest BCUT2D eigenvalue weighted by Gasteiger charge is 2.05. The van der Waals surface area contributed by atoms with Crippen molar-refractivity contribution >= 4 is 23.1 Å². The number of nitrogens with zero attached hydrogens (tertiary/aromatic N) is 2. The van der Waals surface area contributed by atoms with Gasteiger partial charge in [-0.3, -0.25) is 0 Å². The number of ether oxygens (including phenoxy) is 1. The highest BCUT2D eigenvalue weighted by Crippen LogP contribution is 2.21. The Labute approximate surface area is 156 Å². The number of carbonyl (C=O) groups excluding carboxylic acids is 1. The number of amides is 2. The molecule has 134 valence electrons. The average Bonchev–Trinajstić information content (AvgIpc) is 3.07. The maximum Gasteiger partial charge on any atom is 0.319 e. The van der Waals surface area contributed by atoms with Crippen molar-refractivity contribution in [2.24, 2.45) is 0 Å². The highest BCUT2D eigenvalue weighted by atomic mass is 32.1. The summed E-state index contributed by atoms with van der Waals surface area (Å²) in [5.74, 6) is 1.22. The second-order valence-corrected chi connectivity index (χ2v) is 6.62. The molecule has 7 heteroatoms. The second-order valence-electron chi connectivity index (χ2n) is 5.68. The summed E-state index contributed by atoms with van der Waals surface area (Å²) in [6.45, 7) is 4.42. The predicted molar refractivity (Wildman–Crippen MR) is 103 cm³/mol. The quantitative estimate of drug-likeness (QED) is 0.670. The van der Waals surface area contributed by atoms with E-state index in [-0.39, 0.29) is 6.03 Å². The van der Waals surface area contributed by atoms with Crippen molar-refractivity contribution in [1.29, 1.82) is 0 Å². The lowest BCUT2D eigenvalue weighted by molar-refractivity contribution is 0.251. The molecule has 0 fully saturated rings. The first-order chi connectivity index (χ1) is 12.6. The van der Waals surface area contributed by atoms with Gasteiger partial charge >= 0.3 is 6.03 Å². The smallest absolute Gasteiger partial charge is 0.319 e. The summed E-state index contributed by atoms with van der Waals surface area (Å²) in [5.41, 5.74) is 2.75. The Hall–Kier alpha value is -2.93. The number of benzene rings is 1. The third kappa shape index (κ3) is 5.03. The van der Waals surface area contributed by atoms with E-state index >= 15 is 0 Å². The lowest BCUT2D eigenvalue weighted by Gasteiger charge is -2.08. The van der Waals surface area contributed by atoms with E-state index in [1.165, 1.54) is 16.9 Å². The lowest BCUT2D eigenvalue weighted by Crippen LogP contribution is -2.28. The molecule has 0 bridgehead atoms. The van der Waals surface area contributed by atoms with Crippen LogP contribution in [0, 0.1) is 6.92 Å². The molecule has 0 unspecified atom stereocenters. The molecule has 0 atom stereocenters. The summed E-state index contributed by atoms with van der Waals surface area (Å²) >= 11 is 1.52. The molecule has 0 saturated heterocycles. The number of aromatic nitrogens is 2. The fourth-order valence-corrected chi connectivity index (χ4v) is 2.99. The Balaban J connectivity index is 1.52. The SMILES string of the molecule is CCc1cccc(Oc2ccc(NC(=O)NCc3nc(C)cs3)cn2)c1. The van der Waals surface area contributed by atoms with E-state index in [0.717, 1.165) is 22.9 Å². The monoisotopic (exact) mass is 368 g/mol. The molecule has 0 aliphatic heterocycles. The van der Waals surface area contributed by atoms with E-state index in [2.05, 4.69) is 33.6 Å². The minimum absolute atomic E-state index is 0.302. The van der Waals surface area contributed by atoms with E-state index < -0.39 is 0 Å². The fraction of sp³-hybridized carbons (Fsp3) is 0.211. The second kappa shape index (κ2) is 8.44. The molecule has 3 aromatic rings. The van der Waals surface area contributed by atoms with E-state index in [1.807, 2.05) is 30.5 Å². The molecule has 26 heavy (non-hydrogen) atoms. The molecular weight excluding hydrogens is 348 g/mol. The Bertz CT molecular complexity index is 877. The van der Waals surface area contributed by atoms with Crippen LogP contribution in [0.15, 0.2) is 48.0 Å². The number of pyridine rings is 1. The molecule has 2 heterocycles. The summed E-state index contributed by atoms with van der Waals surface area (Å²) < 4.78 is 5.74. The predicted octanol–water partition coefficient (Wildman–Crippen LogP) is 4.52. The Morgan fingerprint density at radius 1 is 1.27 bits per heavy atom. The number of rotatable bonds is 6. The Morgan fingerprint density at radius 2 is 2.15 bits per heavy atom. The molecule has 6 nitrogen and oxygen atoms in total. The van der Waals surface area contributed by atoms with Gasteiger partial charge in [-0.05, 0) is 37.1 Å². The van der Waals surface area contributed by atoms with E-state index in [0.29, 0.717) is 18.1 Å². The van der Waals surface area contributed by atoms with Gasteiger partial charge in [0.1, 0.15) is 10.8 Å². The van der Waals surface area contributed by atoms with Crippen molar-refractivity contribution in [3.8, 4) is 11.6 Å². The van der Waals surface area contributed by atoms with Crippen LogP contribution in [0.1, 0.15) is 23.2 Å². The van der Waals surface area contributed by atoms with Gasteiger partial charge in [0.2, 0.25) is 5.88 Å². The number of anilines is 1. The number of aryl methyl sites for hydroxylation is 2. The van der Waals surface area contributed by atoms with E-state index in [9.17, 15) is 4.79 Å². The molecule has 1 aromatic carbocycles. The fourth-order valence-electron chi connectivity index (χ4n) is 2.28. The van der Waals surface area contributed by atoms with Crippen molar-refractivity contribution in [2.75, 3.05) is 5.32 Å². The van der Waals surface area contributed by atoms with Crippen LogP contribution in [-0.2, 0) is 13.0 Å². The van der Waals surface area contributed by atoms with Crippen LogP contribution in [-0.4, -0.2) is 16.0 Å². The van der Waals surface area contributed by atoms with Gasteiger partial charge in [-0.1, -0.05) is 19.1 Å². The van der Waals surface area contributed by atoms with Crippen LogP contribution in [0.2, 0.25) is 0 Å². The molecule has 0 aliphatic carbocycles. The maximum absolute atomic E-state index is 11.9. The molecule has 2 aromatic heterocycles. The largest absolute Gasteiger partial charge is 0.439 e. The zero-order valence-corrected chi connectivity index (χ0v) is 15.5. The van der Waals surface area contributed by atoms with Gasteiger partial charge < -0.3 is 15.4 Å². The third-order valence-corrected chi connectivity index (χ3v) is 4.56. The Morgan fingerprint density at radius 3 is 2.85 bits per heavy atom. The number of nitrogens with one attached hydrogen (secondary N) is 2. The zero-order valence-electron chi connectivity index (χ0n) is 14.7. The van der Waals surface area contributed by atoms with Gasteiger partial charge in [-0.25, -0.2) is 14.8 Å². The number of carbonyl (C=O) groups is 1. The molecule has 0 saturated carbocycles. The van der Waals surface area contributed by atoms with Crippen LogP contribution < -0.4 is 15.4 Å². The van der Waals surface area contributed by atoms with Gasteiger partial charge in [0, 0.05) is 17.1 Å². The first kappa shape index (κ1) is 17.9. The molecule has 3 rings (SSSR count). The molecule has 0 radical (unpaired) electrons. The van der Waals surface area contributed by atoms with Gasteiger partial charge in [-0.15, -0.1) is 11.3 Å². The molecule has 2 amide bonds. The average molecular weight is 368 g/mol. The van der Waals surface area contributed by atoms with Gasteiger partial charge in [0.25, 0.3) is 0 Å². The first-order valence-corrected chi connectivity index (χ1v) is 9.19. The van der Waals surface area contributed by atoms with Crippen LogP contribution in [0.25, 0.3) is 0 Å². The van der Waals surface area contributed by atoms with E-state index in [1.54, 1.807) is 18.3 Å². The molecular formula is C19H20N4O2S. The van der Waals surface area contributed by atoms with Gasteiger partial charge in [-0.2, -0.15) is 0 Å². The molecule has 2 N–H and O–H groups in total. The lowest BCUT2D eigenvalue weighted by atomic mass is 10.2. The maximum atomic E-state index is 11.9. The Kier molecular flexibility index (Phi) is 5.80. The minimum Gasteiger partial charge on any atom is -0.439 e. The van der Waals surface area contributed by atoms with Crippen LogP contribution in [0.4, 0.5) is 10.5 Å². The number of hydrogen-bond acceptors (Lipinski definition) is 5. The van der Waals surface area contributed by atoms with Gasteiger partial charge in [0.05, 0.1) is 18.4 Å². The summed E-state index contributed by atoms with van der Waals surface area (Å²) in [4.78, 5) is 20.5. The zero-order chi connectivity index (χ0) is 18.4. The van der Waals surface area contributed by atoms with E-state index in [4.69, 9.17) is 4.74 Å². The summed E-state index contributed by atoms with van der Waals surface area (Å²) in [6, 6.07) is 11.1. The van der Waals surface area contributed by atoms with Crippen molar-refractivity contribution < 1.29 is 9.53 Å². The topological polar surface area (TPSA) is 76.1 Å². The third-order valence-electron chi connectivity index (χ3n) is 3.59. The minimum atomic E-state index is -0.302. The molecule has 0 spiro atoms. The normalized spacial score (nSPS) is 10.4. The number of thiazole rings is 1. The number of hydrogen-bond donors (Lipinski definition) is 2. The summed E-state index contributed by atoms with van der Waals surface area (Å²) in [7, 11) is 0.